The second-order valence-electron chi connectivity index (χ2n) is 5.50. The molecule has 0 aromatic heterocycles. The summed E-state index contributed by atoms with van der Waals surface area (Å²) in [6, 6.07) is 0.0859. The molecular weight excluding hydrogens is 200 g/mol. The summed E-state index contributed by atoms with van der Waals surface area (Å²) in [5.41, 5.74) is 6.03. The third kappa shape index (κ3) is 3.78. The van der Waals surface area contributed by atoms with Gasteiger partial charge in [0, 0.05) is 19.6 Å². The van der Waals surface area contributed by atoms with E-state index in [1.54, 1.807) is 0 Å². The zero-order valence-corrected chi connectivity index (χ0v) is 10.9. The summed E-state index contributed by atoms with van der Waals surface area (Å²) in [5, 5.41) is 0. The minimum atomic E-state index is 0.0749. The van der Waals surface area contributed by atoms with Gasteiger partial charge in [-0.1, -0.05) is 26.7 Å². The Kier molecular flexibility index (Phi) is 5.26. The molecule has 0 aromatic rings. The van der Waals surface area contributed by atoms with Crippen molar-refractivity contribution in [2.45, 2.75) is 52.0 Å². The van der Waals surface area contributed by atoms with Crippen LogP contribution in [-0.2, 0) is 4.79 Å². The number of carbonyl (C=O) groups excluding carboxylic acids is 1. The van der Waals surface area contributed by atoms with Gasteiger partial charge in [0.25, 0.3) is 0 Å². The van der Waals surface area contributed by atoms with Crippen molar-refractivity contribution in [2.75, 3.05) is 13.6 Å². The van der Waals surface area contributed by atoms with E-state index in [1.807, 2.05) is 11.9 Å². The van der Waals surface area contributed by atoms with E-state index >= 15 is 0 Å². The van der Waals surface area contributed by atoms with Crippen LogP contribution in [0.2, 0.25) is 0 Å². The van der Waals surface area contributed by atoms with Crippen molar-refractivity contribution in [3.05, 3.63) is 0 Å². The Morgan fingerprint density at radius 1 is 1.38 bits per heavy atom. The molecular formula is C13H26N2O. The van der Waals surface area contributed by atoms with E-state index < -0.39 is 0 Å². The van der Waals surface area contributed by atoms with Crippen LogP contribution in [0.3, 0.4) is 0 Å². The van der Waals surface area contributed by atoms with Gasteiger partial charge in [0.15, 0.2) is 0 Å². The van der Waals surface area contributed by atoms with Crippen molar-refractivity contribution in [3.63, 3.8) is 0 Å². The number of rotatable bonds is 4. The lowest BCUT2D eigenvalue weighted by molar-refractivity contribution is -0.135. The lowest BCUT2D eigenvalue weighted by Crippen LogP contribution is -2.44. The van der Waals surface area contributed by atoms with E-state index in [9.17, 15) is 4.79 Å². The Hall–Kier alpha value is -0.570. The second-order valence-corrected chi connectivity index (χ2v) is 5.50. The lowest BCUT2D eigenvalue weighted by Gasteiger charge is -2.31. The topological polar surface area (TPSA) is 46.3 Å². The number of carbonyl (C=O) groups is 1. The van der Waals surface area contributed by atoms with Gasteiger partial charge in [0.1, 0.15) is 0 Å². The first kappa shape index (κ1) is 13.5. The molecule has 2 unspecified atom stereocenters. The van der Waals surface area contributed by atoms with Gasteiger partial charge in [-0.05, 0) is 25.2 Å². The summed E-state index contributed by atoms with van der Waals surface area (Å²) < 4.78 is 0. The summed E-state index contributed by atoms with van der Waals surface area (Å²) in [6.45, 7) is 5.23. The molecule has 1 saturated carbocycles. The molecule has 16 heavy (non-hydrogen) atoms. The standard InChI is InChI=1S/C13H26N2O/c1-10(2)8-9-15(3)13(16)11-6-4-5-7-12(11)14/h10-12H,4-9,14H2,1-3H3. The first-order valence-corrected chi connectivity index (χ1v) is 6.53. The average molecular weight is 226 g/mol. The third-order valence-electron chi connectivity index (χ3n) is 3.55. The summed E-state index contributed by atoms with van der Waals surface area (Å²) in [4.78, 5) is 14.0. The quantitative estimate of drug-likeness (QED) is 0.797. The predicted molar refractivity (Wildman–Crippen MR) is 67.0 cm³/mol. The van der Waals surface area contributed by atoms with Crippen molar-refractivity contribution in [1.29, 1.82) is 0 Å². The average Bonchev–Trinajstić information content (AvgIpc) is 2.25. The van der Waals surface area contributed by atoms with Crippen LogP contribution >= 0.6 is 0 Å². The third-order valence-corrected chi connectivity index (χ3v) is 3.55. The first-order valence-electron chi connectivity index (χ1n) is 6.53. The van der Waals surface area contributed by atoms with Gasteiger partial charge >= 0.3 is 0 Å². The van der Waals surface area contributed by atoms with Crippen LogP contribution in [-0.4, -0.2) is 30.4 Å². The number of nitrogens with zero attached hydrogens (tertiary/aromatic N) is 1. The highest BCUT2D eigenvalue weighted by molar-refractivity contribution is 5.79. The highest BCUT2D eigenvalue weighted by atomic mass is 16.2. The molecule has 0 saturated heterocycles. The van der Waals surface area contributed by atoms with Crippen molar-refractivity contribution < 1.29 is 4.79 Å². The van der Waals surface area contributed by atoms with Crippen LogP contribution in [0.25, 0.3) is 0 Å². The monoisotopic (exact) mass is 226 g/mol. The minimum Gasteiger partial charge on any atom is -0.345 e. The maximum atomic E-state index is 12.2. The largest absolute Gasteiger partial charge is 0.345 e. The molecule has 1 aliphatic rings. The molecule has 1 rings (SSSR count). The second kappa shape index (κ2) is 6.24. The predicted octanol–water partition coefficient (Wildman–Crippen LogP) is 2.01. The van der Waals surface area contributed by atoms with Crippen molar-refractivity contribution in [2.24, 2.45) is 17.6 Å². The highest BCUT2D eigenvalue weighted by Gasteiger charge is 2.30. The van der Waals surface area contributed by atoms with Crippen LogP contribution in [0.15, 0.2) is 0 Å². The number of nitrogens with two attached hydrogens (primary N) is 1. The van der Waals surface area contributed by atoms with E-state index in [0.717, 1.165) is 32.2 Å². The zero-order valence-electron chi connectivity index (χ0n) is 10.9. The molecule has 94 valence electrons. The zero-order chi connectivity index (χ0) is 12.1. The van der Waals surface area contributed by atoms with Crippen LogP contribution < -0.4 is 5.73 Å². The molecule has 0 radical (unpaired) electrons. The fraction of sp³-hybridized carbons (Fsp3) is 0.923. The summed E-state index contributed by atoms with van der Waals surface area (Å²) in [7, 11) is 1.91. The maximum absolute atomic E-state index is 12.2. The van der Waals surface area contributed by atoms with E-state index in [-0.39, 0.29) is 17.9 Å². The molecule has 0 bridgehead atoms. The summed E-state index contributed by atoms with van der Waals surface area (Å²) >= 11 is 0. The van der Waals surface area contributed by atoms with Crippen LogP contribution in [0.4, 0.5) is 0 Å². The molecule has 0 aliphatic heterocycles. The van der Waals surface area contributed by atoms with Crippen LogP contribution in [0, 0.1) is 11.8 Å². The van der Waals surface area contributed by atoms with Crippen molar-refractivity contribution >= 4 is 5.91 Å². The number of hydrogen-bond acceptors (Lipinski definition) is 2. The van der Waals surface area contributed by atoms with E-state index in [2.05, 4.69) is 13.8 Å². The minimum absolute atomic E-state index is 0.0749. The van der Waals surface area contributed by atoms with Gasteiger partial charge in [-0.15, -0.1) is 0 Å². The molecule has 1 aliphatic carbocycles. The van der Waals surface area contributed by atoms with Gasteiger partial charge in [-0.3, -0.25) is 4.79 Å². The molecule has 2 N–H and O–H groups in total. The molecule has 0 spiro atoms. The fourth-order valence-electron chi connectivity index (χ4n) is 2.31. The Labute approximate surface area is 99.4 Å². The molecule has 3 nitrogen and oxygen atoms in total. The summed E-state index contributed by atoms with van der Waals surface area (Å²) in [5.74, 6) is 0.981. The highest BCUT2D eigenvalue weighted by Crippen LogP contribution is 2.24. The molecule has 0 heterocycles. The van der Waals surface area contributed by atoms with Crippen LogP contribution in [0.5, 0.6) is 0 Å². The van der Waals surface area contributed by atoms with Gasteiger partial charge in [0.05, 0.1) is 5.92 Å². The molecule has 3 heteroatoms. The Balaban J connectivity index is 2.42. The summed E-state index contributed by atoms with van der Waals surface area (Å²) in [6.07, 6.45) is 5.40. The van der Waals surface area contributed by atoms with Gasteiger partial charge in [-0.2, -0.15) is 0 Å². The van der Waals surface area contributed by atoms with E-state index in [4.69, 9.17) is 5.73 Å². The Morgan fingerprint density at radius 3 is 2.56 bits per heavy atom. The molecule has 2 atom stereocenters. The van der Waals surface area contributed by atoms with Crippen molar-refractivity contribution in [3.8, 4) is 0 Å². The van der Waals surface area contributed by atoms with Crippen molar-refractivity contribution in [1.82, 2.24) is 4.90 Å². The Bertz CT molecular complexity index is 228. The Morgan fingerprint density at radius 2 is 2.00 bits per heavy atom. The first-order chi connectivity index (χ1) is 7.52. The van der Waals surface area contributed by atoms with Gasteiger partial charge in [0.2, 0.25) is 5.91 Å². The van der Waals surface area contributed by atoms with E-state index in [0.29, 0.717) is 5.92 Å². The number of hydrogen-bond donors (Lipinski definition) is 1. The number of amides is 1. The smallest absolute Gasteiger partial charge is 0.226 e. The molecule has 1 fully saturated rings. The van der Waals surface area contributed by atoms with Gasteiger partial charge < -0.3 is 10.6 Å². The normalized spacial score (nSPS) is 25.8. The molecule has 1 amide bonds. The maximum Gasteiger partial charge on any atom is 0.226 e. The fourth-order valence-corrected chi connectivity index (χ4v) is 2.31. The van der Waals surface area contributed by atoms with Gasteiger partial charge in [-0.25, -0.2) is 0 Å². The van der Waals surface area contributed by atoms with E-state index in [1.165, 1.54) is 6.42 Å². The lowest BCUT2D eigenvalue weighted by atomic mass is 9.84. The van der Waals surface area contributed by atoms with Crippen LogP contribution in [0.1, 0.15) is 46.0 Å². The molecule has 0 aromatic carbocycles. The SMILES string of the molecule is CC(C)CCN(C)C(=O)C1CCCCC1N.